The molecule has 0 aliphatic rings. The zero-order chi connectivity index (χ0) is 44.2. The summed E-state index contributed by atoms with van der Waals surface area (Å²) in [6, 6.07) is 39.3. The molecule has 0 spiro atoms. The molecule has 0 unspecified atom stereocenters. The Morgan fingerprint density at radius 3 is 2.26 bits per heavy atom. The quantitative estimate of drug-likeness (QED) is 0.156. The van der Waals surface area contributed by atoms with Crippen LogP contribution in [-0.2, 0) is 26.5 Å². The number of aromatic nitrogens is 3. The van der Waals surface area contributed by atoms with E-state index in [4.69, 9.17) is 20.4 Å². The Labute approximate surface area is 345 Å². The maximum atomic E-state index is 8.73. The van der Waals surface area contributed by atoms with Gasteiger partial charge < -0.3 is 14.0 Å². The number of fused-ring (bicyclic) bond motifs is 4. The summed E-state index contributed by atoms with van der Waals surface area (Å²) in [6.45, 7) is 9.36. The van der Waals surface area contributed by atoms with Crippen molar-refractivity contribution in [1.29, 1.82) is 0 Å². The van der Waals surface area contributed by atoms with E-state index in [2.05, 4.69) is 97.9 Å². The molecule has 3 heterocycles. The summed E-state index contributed by atoms with van der Waals surface area (Å²) in [7, 11) is 0. The van der Waals surface area contributed by atoms with Crippen LogP contribution in [-0.4, -0.2) is 14.5 Å². The molecular formula is C49H49IrN3O-2. The predicted molar refractivity (Wildman–Crippen MR) is 222 cm³/mol. The summed E-state index contributed by atoms with van der Waals surface area (Å²) in [5.74, 6) is 1.80. The molecule has 0 amide bonds. The van der Waals surface area contributed by atoms with Gasteiger partial charge in [-0.25, -0.2) is 0 Å². The van der Waals surface area contributed by atoms with Gasteiger partial charge in [-0.1, -0.05) is 114 Å². The van der Waals surface area contributed by atoms with E-state index in [-0.39, 0.29) is 36.8 Å². The van der Waals surface area contributed by atoms with Crippen LogP contribution in [0.1, 0.15) is 99.1 Å². The van der Waals surface area contributed by atoms with Gasteiger partial charge in [-0.2, -0.15) is 0 Å². The van der Waals surface area contributed by atoms with Crippen LogP contribution in [0, 0.1) is 31.3 Å². The van der Waals surface area contributed by atoms with Crippen molar-refractivity contribution in [3.05, 3.63) is 149 Å². The van der Waals surface area contributed by atoms with Crippen LogP contribution in [0.2, 0.25) is 0 Å². The van der Waals surface area contributed by atoms with Crippen molar-refractivity contribution in [2.75, 3.05) is 0 Å². The van der Waals surface area contributed by atoms with E-state index < -0.39 is 25.5 Å². The van der Waals surface area contributed by atoms with Gasteiger partial charge in [0, 0.05) is 48.3 Å². The number of para-hydroxylation sites is 3. The Kier molecular flexibility index (Phi) is 8.68. The standard InChI is InChI=1S/C25H25N2.C24H24NO.Ir/c1-17(2)20-13-10-14-21(18(3)4)24(20)27-23-16-9-8-15-22(23)26-25(27)19-11-6-5-7-12-19;1-15-9-10-18-19-7-6-8-20(23(19)26-22(18)11-15)21-12-17(13-24(3,4)5)16(2)14-25-21;/h5-11,13-18H,1-4H3;6-7,9-12,14H,13H2,1-5H3;/q2*-1;/i;1D3,2D3,13D2;. The molecule has 0 saturated carbocycles. The van der Waals surface area contributed by atoms with E-state index in [1.807, 2.05) is 18.2 Å². The van der Waals surface area contributed by atoms with Crippen LogP contribution in [0.25, 0.3) is 61.3 Å². The van der Waals surface area contributed by atoms with Crippen molar-refractivity contribution in [1.82, 2.24) is 14.5 Å². The average molecular weight is 896 g/mol. The maximum absolute atomic E-state index is 8.73. The molecule has 0 aliphatic carbocycles. The van der Waals surface area contributed by atoms with Gasteiger partial charge in [0.05, 0.1) is 22.4 Å². The number of hydrogen-bond acceptors (Lipinski definition) is 3. The molecule has 8 rings (SSSR count). The van der Waals surface area contributed by atoms with Crippen LogP contribution in [0.15, 0.2) is 114 Å². The van der Waals surface area contributed by atoms with Gasteiger partial charge in [-0.05, 0) is 83.5 Å². The van der Waals surface area contributed by atoms with E-state index in [0.29, 0.717) is 34.3 Å². The molecule has 1 radical (unpaired) electrons. The third-order valence-electron chi connectivity index (χ3n) is 9.18. The minimum Gasteiger partial charge on any atom is -0.501 e. The molecule has 277 valence electrons. The zero-order valence-electron chi connectivity index (χ0n) is 39.6. The first-order valence-electron chi connectivity index (χ1n) is 22.1. The molecule has 0 bridgehead atoms. The average Bonchev–Trinajstić information content (AvgIpc) is 3.78. The number of aryl methyl sites for hydroxylation is 2. The van der Waals surface area contributed by atoms with E-state index >= 15 is 0 Å². The van der Waals surface area contributed by atoms with E-state index in [9.17, 15) is 0 Å². The van der Waals surface area contributed by atoms with Crippen molar-refractivity contribution < 1.29 is 35.5 Å². The van der Waals surface area contributed by atoms with Crippen LogP contribution < -0.4 is 0 Å². The number of nitrogens with zero attached hydrogens (tertiary/aromatic N) is 3. The first kappa shape index (κ1) is 29.5. The molecule has 0 N–H and O–H groups in total. The molecule has 0 fully saturated rings. The van der Waals surface area contributed by atoms with Gasteiger partial charge in [0.1, 0.15) is 5.58 Å². The van der Waals surface area contributed by atoms with Gasteiger partial charge in [0.15, 0.2) is 0 Å². The summed E-state index contributed by atoms with van der Waals surface area (Å²) in [6.07, 6.45) is -0.770. The molecule has 5 aromatic carbocycles. The monoisotopic (exact) mass is 896 g/mol. The van der Waals surface area contributed by atoms with Crippen LogP contribution in [0.5, 0.6) is 0 Å². The van der Waals surface area contributed by atoms with Gasteiger partial charge in [-0.15, -0.1) is 54.1 Å². The number of rotatable bonds is 6. The first-order chi connectivity index (χ1) is 28.6. The second kappa shape index (κ2) is 15.9. The summed E-state index contributed by atoms with van der Waals surface area (Å²) >= 11 is 0. The smallest absolute Gasteiger partial charge is 0.121 e. The van der Waals surface area contributed by atoms with Gasteiger partial charge in [-0.3, -0.25) is 4.98 Å². The Bertz CT molecular complexity index is 2840. The SMILES string of the molecule is CC(C)c1cccc(C(C)C)c1-n1c(-c2[c-]cccc2)nc2ccccc21.[2H]C([2H])([2H])c1ccc2c(c1)oc1c(-c3cc(C([2H])([2H])C(C)(C)C)c(C([2H])([2H])[2H])cn3)[c-]ccc12.[Ir]. The van der Waals surface area contributed by atoms with Crippen molar-refractivity contribution in [2.45, 2.75) is 80.4 Å². The maximum Gasteiger partial charge on any atom is 0.121 e. The summed E-state index contributed by atoms with van der Waals surface area (Å²) in [5, 5.41) is 1.45. The summed E-state index contributed by atoms with van der Waals surface area (Å²) in [5.41, 5.74) is 7.87. The number of furan rings is 1. The molecule has 8 aromatic rings. The first-order valence-corrected chi connectivity index (χ1v) is 18.1. The second-order valence-corrected chi connectivity index (χ2v) is 15.0. The largest absolute Gasteiger partial charge is 0.501 e. The third kappa shape index (κ3) is 7.85. The van der Waals surface area contributed by atoms with Crippen LogP contribution >= 0.6 is 0 Å². The van der Waals surface area contributed by atoms with Crippen molar-refractivity contribution >= 4 is 33.0 Å². The molecule has 0 atom stereocenters. The van der Waals surface area contributed by atoms with E-state index in [1.165, 1.54) is 35.1 Å². The van der Waals surface area contributed by atoms with Crippen LogP contribution in [0.4, 0.5) is 0 Å². The molecule has 3 aromatic heterocycles. The van der Waals surface area contributed by atoms with Crippen molar-refractivity contribution in [3.63, 3.8) is 0 Å². The Hall–Kier alpha value is -4.83. The fourth-order valence-corrected chi connectivity index (χ4v) is 6.77. The predicted octanol–water partition coefficient (Wildman–Crippen LogP) is 13.4. The molecule has 0 aliphatic heterocycles. The summed E-state index contributed by atoms with van der Waals surface area (Å²) < 4.78 is 72.5. The zero-order valence-corrected chi connectivity index (χ0v) is 34.0. The normalized spacial score (nSPS) is 14.6. The van der Waals surface area contributed by atoms with Crippen LogP contribution in [0.3, 0.4) is 0 Å². The van der Waals surface area contributed by atoms with Gasteiger partial charge in [0.25, 0.3) is 0 Å². The molecule has 4 nitrogen and oxygen atoms in total. The Morgan fingerprint density at radius 1 is 0.815 bits per heavy atom. The molecule has 54 heavy (non-hydrogen) atoms. The third-order valence-corrected chi connectivity index (χ3v) is 9.18. The fourth-order valence-electron chi connectivity index (χ4n) is 6.77. The molecule has 0 saturated heterocycles. The fraction of sp³-hybridized carbons (Fsp3) is 0.265. The van der Waals surface area contributed by atoms with Gasteiger partial charge in [0.2, 0.25) is 0 Å². The Balaban J connectivity index is 0.000000209. The summed E-state index contributed by atoms with van der Waals surface area (Å²) in [4.78, 5) is 9.33. The van der Waals surface area contributed by atoms with Crippen molar-refractivity contribution in [2.24, 2.45) is 5.41 Å². The number of hydrogen-bond donors (Lipinski definition) is 0. The van der Waals surface area contributed by atoms with Gasteiger partial charge >= 0.3 is 0 Å². The minimum absolute atomic E-state index is 0. The number of pyridine rings is 1. The Morgan fingerprint density at radius 2 is 1.57 bits per heavy atom. The van der Waals surface area contributed by atoms with E-state index in [0.717, 1.165) is 33.2 Å². The van der Waals surface area contributed by atoms with E-state index in [1.54, 1.807) is 45.0 Å². The molecule has 5 heteroatoms. The molecular weight excluding hydrogens is 839 g/mol. The topological polar surface area (TPSA) is 43.9 Å². The second-order valence-electron chi connectivity index (χ2n) is 15.0. The minimum atomic E-state index is -2.54. The van der Waals surface area contributed by atoms with Crippen molar-refractivity contribution in [3.8, 4) is 28.3 Å². The number of benzene rings is 5. The number of imidazole rings is 1.